The Bertz CT molecular complexity index is 1310. The van der Waals surface area contributed by atoms with Gasteiger partial charge in [-0.3, -0.25) is 14.4 Å². The number of amides is 1. The molecule has 40 heavy (non-hydrogen) atoms. The zero-order valence-corrected chi connectivity index (χ0v) is 22.6. The molecule has 0 N–H and O–H groups in total. The topological polar surface area (TPSA) is 41.4 Å². The molecule has 2 aromatic carbocycles. The molecule has 3 aromatic rings. The van der Waals surface area contributed by atoms with Crippen LogP contribution in [0.5, 0.6) is 0 Å². The number of aromatic nitrogens is 2. The van der Waals surface area contributed by atoms with Gasteiger partial charge in [0.1, 0.15) is 0 Å². The number of rotatable bonds is 7. The Morgan fingerprint density at radius 2 is 1.60 bits per heavy atom. The van der Waals surface area contributed by atoms with Gasteiger partial charge >= 0.3 is 12.4 Å². The van der Waals surface area contributed by atoms with E-state index in [1.54, 1.807) is 4.68 Å². The summed E-state index contributed by atoms with van der Waals surface area (Å²) in [6.45, 7) is 5.80. The van der Waals surface area contributed by atoms with Crippen molar-refractivity contribution in [3.8, 4) is 0 Å². The summed E-state index contributed by atoms with van der Waals surface area (Å²) < 4.78 is 82.5. The number of benzene rings is 2. The highest BCUT2D eigenvalue weighted by Crippen LogP contribution is 2.37. The summed E-state index contributed by atoms with van der Waals surface area (Å²) in [6.07, 6.45) is -4.20. The number of carbonyl (C=O) groups excluding carboxylic acids is 1. The van der Waals surface area contributed by atoms with Crippen LogP contribution in [0.3, 0.4) is 0 Å². The Kier molecular flexibility index (Phi) is 8.63. The summed E-state index contributed by atoms with van der Waals surface area (Å²) in [6, 6.07) is 6.57. The van der Waals surface area contributed by atoms with Crippen molar-refractivity contribution in [2.75, 3.05) is 26.2 Å². The van der Waals surface area contributed by atoms with Gasteiger partial charge in [0, 0.05) is 44.5 Å². The molecule has 11 heteroatoms. The lowest BCUT2D eigenvalue weighted by Gasteiger charge is -2.42. The summed E-state index contributed by atoms with van der Waals surface area (Å²) in [5.41, 5.74) is 0.609. The van der Waals surface area contributed by atoms with Crippen molar-refractivity contribution in [3.05, 3.63) is 87.7 Å². The maximum Gasteiger partial charge on any atom is 0.416 e. The van der Waals surface area contributed by atoms with Crippen molar-refractivity contribution in [3.63, 3.8) is 0 Å². The van der Waals surface area contributed by atoms with Crippen molar-refractivity contribution in [2.24, 2.45) is 7.05 Å². The standard InChI is InChI=1S/C29H32F6N4O/c1-19-6-7-21(11-20(19)2)12-26-18-38(8-4-5-22-16-36-37(3)17-22)9-10-39(26)27(40)23-13-24(28(30,31)32)15-25(14-23)29(33,34)35/h6-7,11,13-17,26H,4-5,8-10,12,18H2,1-3H3. The number of aryl methyl sites for hydroxylation is 4. The number of nitrogens with zero attached hydrogens (tertiary/aromatic N) is 4. The minimum Gasteiger partial charge on any atom is -0.333 e. The van der Waals surface area contributed by atoms with Crippen molar-refractivity contribution >= 4 is 5.91 Å². The minimum atomic E-state index is -5.03. The van der Waals surface area contributed by atoms with Gasteiger partial charge in [0.25, 0.3) is 5.91 Å². The van der Waals surface area contributed by atoms with Crippen molar-refractivity contribution in [2.45, 2.75) is 51.5 Å². The van der Waals surface area contributed by atoms with Gasteiger partial charge in [-0.15, -0.1) is 0 Å². The van der Waals surface area contributed by atoms with E-state index in [4.69, 9.17) is 0 Å². The summed E-state index contributed by atoms with van der Waals surface area (Å²) in [4.78, 5) is 17.2. The highest BCUT2D eigenvalue weighted by molar-refractivity contribution is 5.95. The fourth-order valence-electron chi connectivity index (χ4n) is 5.12. The van der Waals surface area contributed by atoms with Crippen LogP contribution in [0.15, 0.2) is 48.8 Å². The molecule has 1 atom stereocenters. The van der Waals surface area contributed by atoms with Crippen LogP contribution in [-0.2, 0) is 32.2 Å². The number of hydrogen-bond acceptors (Lipinski definition) is 3. The van der Waals surface area contributed by atoms with Crippen LogP contribution in [0.25, 0.3) is 0 Å². The van der Waals surface area contributed by atoms with Gasteiger partial charge in [-0.1, -0.05) is 18.2 Å². The maximum atomic E-state index is 13.6. The van der Waals surface area contributed by atoms with Gasteiger partial charge in [0.2, 0.25) is 0 Å². The number of piperazine rings is 1. The summed E-state index contributed by atoms with van der Waals surface area (Å²) in [5, 5.41) is 4.17. The van der Waals surface area contributed by atoms with Gasteiger partial charge in [-0.05, 0) is 80.1 Å². The van der Waals surface area contributed by atoms with E-state index in [1.165, 1.54) is 4.90 Å². The number of carbonyl (C=O) groups is 1. The van der Waals surface area contributed by atoms with E-state index in [1.807, 2.05) is 51.5 Å². The van der Waals surface area contributed by atoms with Gasteiger partial charge in [-0.25, -0.2) is 0 Å². The summed E-state index contributed by atoms with van der Waals surface area (Å²) in [5.74, 6) is -0.833. The van der Waals surface area contributed by atoms with Crippen LogP contribution in [0.4, 0.5) is 26.3 Å². The molecule has 1 fully saturated rings. The lowest BCUT2D eigenvalue weighted by molar-refractivity contribution is -0.143. The van der Waals surface area contributed by atoms with Gasteiger partial charge in [0.05, 0.1) is 17.3 Å². The third-order valence-corrected chi connectivity index (χ3v) is 7.40. The Balaban J connectivity index is 1.58. The van der Waals surface area contributed by atoms with Crippen LogP contribution in [0.1, 0.15) is 50.2 Å². The first kappa shape index (κ1) is 29.6. The predicted octanol–water partition coefficient (Wildman–Crippen LogP) is 6.08. The van der Waals surface area contributed by atoms with Crippen LogP contribution < -0.4 is 0 Å². The molecule has 2 heterocycles. The summed E-state index contributed by atoms with van der Waals surface area (Å²) >= 11 is 0. The molecule has 1 amide bonds. The Morgan fingerprint density at radius 3 is 2.17 bits per heavy atom. The molecule has 0 radical (unpaired) electrons. The third kappa shape index (κ3) is 7.24. The van der Waals surface area contributed by atoms with E-state index in [0.29, 0.717) is 31.6 Å². The van der Waals surface area contributed by atoms with E-state index in [-0.39, 0.29) is 12.6 Å². The number of hydrogen-bond donors (Lipinski definition) is 0. The molecule has 1 aromatic heterocycles. The first-order chi connectivity index (χ1) is 18.7. The second-order valence-electron chi connectivity index (χ2n) is 10.5. The van der Waals surface area contributed by atoms with E-state index in [9.17, 15) is 31.1 Å². The van der Waals surface area contributed by atoms with Crippen LogP contribution in [0, 0.1) is 13.8 Å². The van der Waals surface area contributed by atoms with Gasteiger partial charge < -0.3 is 4.90 Å². The Labute approximate surface area is 229 Å². The fraction of sp³-hybridized carbons (Fsp3) is 0.448. The molecule has 0 saturated carbocycles. The molecule has 1 saturated heterocycles. The highest BCUT2D eigenvalue weighted by atomic mass is 19.4. The lowest BCUT2D eigenvalue weighted by Crippen LogP contribution is -2.56. The van der Waals surface area contributed by atoms with E-state index < -0.39 is 41.0 Å². The lowest BCUT2D eigenvalue weighted by atomic mass is 9.97. The molecule has 0 bridgehead atoms. The normalized spacial score (nSPS) is 16.9. The molecule has 1 aliphatic heterocycles. The van der Waals surface area contributed by atoms with Crippen LogP contribution >= 0.6 is 0 Å². The number of alkyl halides is 6. The molecule has 5 nitrogen and oxygen atoms in total. The second kappa shape index (κ2) is 11.6. The Hall–Kier alpha value is -3.34. The van der Waals surface area contributed by atoms with E-state index in [2.05, 4.69) is 10.00 Å². The molecule has 4 rings (SSSR count). The predicted molar refractivity (Wildman–Crippen MR) is 139 cm³/mol. The summed E-state index contributed by atoms with van der Waals surface area (Å²) in [7, 11) is 1.85. The van der Waals surface area contributed by atoms with Crippen molar-refractivity contribution < 1.29 is 31.1 Å². The van der Waals surface area contributed by atoms with Crippen molar-refractivity contribution in [1.82, 2.24) is 19.6 Å². The van der Waals surface area contributed by atoms with Gasteiger partial charge in [-0.2, -0.15) is 31.4 Å². The largest absolute Gasteiger partial charge is 0.416 e. The third-order valence-electron chi connectivity index (χ3n) is 7.40. The van der Waals surface area contributed by atoms with Crippen LogP contribution in [-0.4, -0.2) is 57.7 Å². The Morgan fingerprint density at radius 1 is 0.925 bits per heavy atom. The molecule has 0 spiro atoms. The molecule has 1 aliphatic rings. The smallest absolute Gasteiger partial charge is 0.333 e. The quantitative estimate of drug-likeness (QED) is 0.326. The molecular formula is C29H32F6N4O. The van der Waals surface area contributed by atoms with E-state index in [0.717, 1.165) is 41.6 Å². The fourth-order valence-corrected chi connectivity index (χ4v) is 5.12. The second-order valence-corrected chi connectivity index (χ2v) is 10.5. The molecular weight excluding hydrogens is 534 g/mol. The molecule has 1 unspecified atom stereocenters. The number of halogens is 6. The highest BCUT2D eigenvalue weighted by Gasteiger charge is 2.39. The monoisotopic (exact) mass is 566 g/mol. The molecule has 0 aliphatic carbocycles. The first-order valence-corrected chi connectivity index (χ1v) is 13.1. The molecule has 216 valence electrons. The van der Waals surface area contributed by atoms with Crippen LogP contribution in [0.2, 0.25) is 0 Å². The SMILES string of the molecule is Cc1ccc(CC2CN(CCCc3cnn(C)c3)CCN2C(=O)c2cc(C(F)(F)F)cc(C(F)(F)F)c2)cc1C. The average molecular weight is 567 g/mol. The zero-order chi connectivity index (χ0) is 29.2. The zero-order valence-electron chi connectivity index (χ0n) is 22.6. The van der Waals surface area contributed by atoms with E-state index >= 15 is 0 Å². The minimum absolute atomic E-state index is 0.0452. The average Bonchev–Trinajstić information content (AvgIpc) is 3.29. The maximum absolute atomic E-state index is 13.6. The first-order valence-electron chi connectivity index (χ1n) is 13.1. The van der Waals surface area contributed by atoms with Crippen molar-refractivity contribution in [1.29, 1.82) is 0 Å². The van der Waals surface area contributed by atoms with Gasteiger partial charge in [0.15, 0.2) is 0 Å².